The maximum atomic E-state index is 2.57. The van der Waals surface area contributed by atoms with Crippen LogP contribution in [0.15, 0.2) is 11.8 Å². The van der Waals surface area contributed by atoms with Gasteiger partial charge in [-0.2, -0.15) is 11.8 Å². The van der Waals surface area contributed by atoms with Gasteiger partial charge in [-0.3, -0.25) is 0 Å². The SMILES string of the molecule is C1=C(N2CCCCC2)CSC1. The Morgan fingerprint density at radius 2 is 2.00 bits per heavy atom. The largest absolute Gasteiger partial charge is 0.374 e. The van der Waals surface area contributed by atoms with Gasteiger partial charge >= 0.3 is 0 Å². The Morgan fingerprint density at radius 1 is 1.18 bits per heavy atom. The van der Waals surface area contributed by atoms with E-state index in [1.807, 2.05) is 11.8 Å². The third-order valence-corrected chi connectivity index (χ3v) is 3.35. The van der Waals surface area contributed by atoms with Crippen LogP contribution in [0.25, 0.3) is 0 Å². The molecule has 0 aromatic carbocycles. The quantitative estimate of drug-likeness (QED) is 0.591. The molecule has 62 valence electrons. The zero-order chi connectivity index (χ0) is 7.52. The highest BCUT2D eigenvalue weighted by molar-refractivity contribution is 7.99. The molecule has 0 aromatic heterocycles. The van der Waals surface area contributed by atoms with Crippen molar-refractivity contribution in [3.05, 3.63) is 11.8 Å². The first-order chi connectivity index (χ1) is 5.47. The second-order valence-corrected chi connectivity index (χ2v) is 4.29. The summed E-state index contributed by atoms with van der Waals surface area (Å²) in [7, 11) is 0. The fourth-order valence-electron chi connectivity index (χ4n) is 1.78. The van der Waals surface area contributed by atoms with Crippen LogP contribution in [0, 0.1) is 0 Å². The van der Waals surface area contributed by atoms with Crippen molar-refractivity contribution in [3.63, 3.8) is 0 Å². The highest BCUT2D eigenvalue weighted by Gasteiger charge is 2.15. The zero-order valence-electron chi connectivity index (χ0n) is 6.88. The van der Waals surface area contributed by atoms with Crippen molar-refractivity contribution >= 4 is 11.8 Å². The van der Waals surface area contributed by atoms with E-state index in [1.165, 1.54) is 43.9 Å². The van der Waals surface area contributed by atoms with Crippen LogP contribution in [0.4, 0.5) is 0 Å². The van der Waals surface area contributed by atoms with Crippen molar-refractivity contribution in [1.29, 1.82) is 0 Å². The zero-order valence-corrected chi connectivity index (χ0v) is 7.70. The number of thioether (sulfide) groups is 1. The summed E-state index contributed by atoms with van der Waals surface area (Å²) >= 11 is 2.04. The van der Waals surface area contributed by atoms with Crippen LogP contribution in [0.3, 0.4) is 0 Å². The average molecular weight is 169 g/mol. The van der Waals surface area contributed by atoms with Crippen LogP contribution in [0.5, 0.6) is 0 Å². The summed E-state index contributed by atoms with van der Waals surface area (Å²) in [4.78, 5) is 2.57. The molecule has 2 heterocycles. The van der Waals surface area contributed by atoms with Crippen molar-refractivity contribution in [3.8, 4) is 0 Å². The van der Waals surface area contributed by atoms with Crippen molar-refractivity contribution < 1.29 is 0 Å². The minimum atomic E-state index is 1.24. The summed E-state index contributed by atoms with van der Waals surface area (Å²) in [5, 5.41) is 0. The van der Waals surface area contributed by atoms with Crippen molar-refractivity contribution in [1.82, 2.24) is 4.90 Å². The van der Waals surface area contributed by atoms with Gasteiger partial charge in [0.25, 0.3) is 0 Å². The molecular formula is C9H15NS. The van der Waals surface area contributed by atoms with E-state index in [0.29, 0.717) is 0 Å². The molecule has 2 aliphatic rings. The van der Waals surface area contributed by atoms with E-state index in [-0.39, 0.29) is 0 Å². The Bertz CT molecular complexity index is 159. The van der Waals surface area contributed by atoms with E-state index < -0.39 is 0 Å². The van der Waals surface area contributed by atoms with Crippen LogP contribution >= 0.6 is 11.8 Å². The smallest absolute Gasteiger partial charge is 0.0335 e. The molecule has 0 N–H and O–H groups in total. The Balaban J connectivity index is 1.92. The van der Waals surface area contributed by atoms with Crippen molar-refractivity contribution in [2.45, 2.75) is 19.3 Å². The molecule has 0 spiro atoms. The molecule has 2 heteroatoms. The van der Waals surface area contributed by atoms with E-state index in [9.17, 15) is 0 Å². The standard InChI is InChI=1S/C9H15NS/c1-2-5-10(6-3-1)9-4-7-11-8-9/h4H,1-3,5-8H2. The van der Waals surface area contributed by atoms with E-state index in [2.05, 4.69) is 11.0 Å². The summed E-state index contributed by atoms with van der Waals surface area (Å²) in [6, 6.07) is 0. The lowest BCUT2D eigenvalue weighted by atomic mass is 10.1. The van der Waals surface area contributed by atoms with Gasteiger partial charge in [-0.05, 0) is 19.3 Å². The topological polar surface area (TPSA) is 3.24 Å². The van der Waals surface area contributed by atoms with Gasteiger partial charge in [-0.1, -0.05) is 6.08 Å². The lowest BCUT2D eigenvalue weighted by Crippen LogP contribution is -2.29. The third-order valence-electron chi connectivity index (χ3n) is 2.45. The van der Waals surface area contributed by atoms with Crippen molar-refractivity contribution in [2.24, 2.45) is 0 Å². The van der Waals surface area contributed by atoms with Crippen LogP contribution in [0.1, 0.15) is 19.3 Å². The molecule has 0 atom stereocenters. The third kappa shape index (κ3) is 1.73. The Labute approximate surface area is 72.8 Å². The van der Waals surface area contributed by atoms with E-state index in [4.69, 9.17) is 0 Å². The number of hydrogen-bond donors (Lipinski definition) is 0. The van der Waals surface area contributed by atoms with Crippen LogP contribution in [-0.4, -0.2) is 29.5 Å². The van der Waals surface area contributed by atoms with Gasteiger partial charge in [0.15, 0.2) is 0 Å². The number of hydrogen-bond acceptors (Lipinski definition) is 2. The molecule has 0 unspecified atom stereocenters. The van der Waals surface area contributed by atoms with Crippen LogP contribution in [0.2, 0.25) is 0 Å². The van der Waals surface area contributed by atoms with E-state index >= 15 is 0 Å². The molecule has 0 saturated carbocycles. The van der Waals surface area contributed by atoms with E-state index in [0.717, 1.165) is 0 Å². The highest BCUT2D eigenvalue weighted by atomic mass is 32.2. The summed E-state index contributed by atoms with van der Waals surface area (Å²) in [6.07, 6.45) is 6.65. The van der Waals surface area contributed by atoms with Crippen molar-refractivity contribution in [2.75, 3.05) is 24.6 Å². The van der Waals surface area contributed by atoms with Gasteiger partial charge in [0.05, 0.1) is 0 Å². The predicted molar refractivity (Wildman–Crippen MR) is 50.8 cm³/mol. The lowest BCUT2D eigenvalue weighted by Gasteiger charge is -2.29. The second kappa shape index (κ2) is 3.53. The first-order valence-electron chi connectivity index (χ1n) is 4.48. The van der Waals surface area contributed by atoms with Gasteiger partial charge in [-0.15, -0.1) is 0 Å². The first kappa shape index (κ1) is 7.53. The van der Waals surface area contributed by atoms with Crippen LogP contribution < -0.4 is 0 Å². The fraction of sp³-hybridized carbons (Fsp3) is 0.778. The molecule has 2 rings (SSSR count). The number of nitrogens with zero attached hydrogens (tertiary/aromatic N) is 1. The molecule has 0 bridgehead atoms. The molecule has 2 aliphatic heterocycles. The second-order valence-electron chi connectivity index (χ2n) is 3.26. The van der Waals surface area contributed by atoms with Gasteiger partial charge in [-0.25, -0.2) is 0 Å². The Hall–Kier alpha value is -0.110. The number of piperidine rings is 1. The maximum absolute atomic E-state index is 2.57. The Morgan fingerprint density at radius 3 is 2.64 bits per heavy atom. The summed E-state index contributed by atoms with van der Waals surface area (Å²) < 4.78 is 0. The normalized spacial score (nSPS) is 25.5. The summed E-state index contributed by atoms with van der Waals surface area (Å²) in [5.41, 5.74) is 1.61. The molecule has 0 aromatic rings. The average Bonchev–Trinajstić information content (AvgIpc) is 2.58. The maximum Gasteiger partial charge on any atom is 0.0335 e. The molecule has 0 aliphatic carbocycles. The molecule has 11 heavy (non-hydrogen) atoms. The Kier molecular flexibility index (Phi) is 2.41. The molecule has 1 nitrogen and oxygen atoms in total. The van der Waals surface area contributed by atoms with Gasteiger partial charge < -0.3 is 4.90 Å². The molecule has 1 saturated heterocycles. The van der Waals surface area contributed by atoms with Gasteiger partial charge in [0.2, 0.25) is 0 Å². The highest BCUT2D eigenvalue weighted by Crippen LogP contribution is 2.23. The van der Waals surface area contributed by atoms with Crippen LogP contribution in [-0.2, 0) is 0 Å². The van der Waals surface area contributed by atoms with E-state index in [1.54, 1.807) is 5.70 Å². The number of rotatable bonds is 1. The minimum absolute atomic E-state index is 1.24. The lowest BCUT2D eigenvalue weighted by molar-refractivity contribution is 0.287. The molecule has 1 fully saturated rings. The first-order valence-corrected chi connectivity index (χ1v) is 5.64. The number of likely N-dealkylation sites (tertiary alicyclic amines) is 1. The summed E-state index contributed by atoms with van der Waals surface area (Å²) in [6.45, 7) is 2.62. The predicted octanol–water partition coefficient (Wildman–Crippen LogP) is 2.10. The molecular weight excluding hydrogens is 154 g/mol. The molecule has 0 radical (unpaired) electrons. The fourth-order valence-corrected chi connectivity index (χ4v) is 2.72. The minimum Gasteiger partial charge on any atom is -0.374 e. The summed E-state index contributed by atoms with van der Waals surface area (Å²) in [5.74, 6) is 2.51. The van der Waals surface area contributed by atoms with Gasteiger partial charge in [0, 0.05) is 30.3 Å². The molecule has 0 amide bonds. The monoisotopic (exact) mass is 169 g/mol. The van der Waals surface area contributed by atoms with Gasteiger partial charge in [0.1, 0.15) is 0 Å².